The second-order valence-electron chi connectivity index (χ2n) is 10.4. The molecule has 0 aromatic heterocycles. The lowest BCUT2D eigenvalue weighted by molar-refractivity contribution is -0.152. The van der Waals surface area contributed by atoms with Crippen LogP contribution in [0.15, 0.2) is 95.5 Å². The first-order valence-corrected chi connectivity index (χ1v) is 14.6. The van der Waals surface area contributed by atoms with Gasteiger partial charge in [-0.3, -0.25) is 14.5 Å². The third-order valence-corrected chi connectivity index (χ3v) is 8.10. The Morgan fingerprint density at radius 3 is 2.32 bits per heavy atom. The standard InChI is InChI=1S/C34H32ClFN2O6/c1-4-43-33(40)28-25(19-8-7-11-24(17-19)42-3)18-26-29(31(28)39)27(20-9-6-10-21(35)16-20)30(34(41)44-5-2)32(37)38(26)23-14-12-22(36)13-15-23/h6-17,25,27-28H,4-5,18,37H2,1-3H3/t25-,27+,28-/m1/s1. The van der Waals surface area contributed by atoms with Gasteiger partial charge in [-0.1, -0.05) is 35.9 Å². The summed E-state index contributed by atoms with van der Waals surface area (Å²) in [6, 6.07) is 19.5. The normalized spacial score (nSPS) is 19.9. The highest BCUT2D eigenvalue weighted by atomic mass is 35.5. The number of nitrogens with two attached hydrogens (primary N) is 1. The molecule has 44 heavy (non-hydrogen) atoms. The van der Waals surface area contributed by atoms with Crippen molar-refractivity contribution in [1.29, 1.82) is 0 Å². The minimum absolute atomic E-state index is 0.00739. The summed E-state index contributed by atoms with van der Waals surface area (Å²) in [6.45, 7) is 3.46. The minimum atomic E-state index is -1.24. The molecular weight excluding hydrogens is 587 g/mol. The number of anilines is 1. The minimum Gasteiger partial charge on any atom is -0.497 e. The maximum absolute atomic E-state index is 14.8. The third kappa shape index (κ3) is 5.67. The molecule has 3 aromatic carbocycles. The zero-order valence-corrected chi connectivity index (χ0v) is 25.3. The molecule has 2 N–H and O–H groups in total. The van der Waals surface area contributed by atoms with E-state index >= 15 is 0 Å². The van der Waals surface area contributed by atoms with E-state index in [2.05, 4.69) is 0 Å². The summed E-state index contributed by atoms with van der Waals surface area (Å²) in [5, 5.41) is 0.381. The van der Waals surface area contributed by atoms with Crippen molar-refractivity contribution in [2.75, 3.05) is 25.2 Å². The Hall–Kier alpha value is -4.63. The lowest BCUT2D eigenvalue weighted by Gasteiger charge is -2.44. The summed E-state index contributed by atoms with van der Waals surface area (Å²) in [5.74, 6) is -4.75. The van der Waals surface area contributed by atoms with Gasteiger partial charge >= 0.3 is 11.9 Å². The lowest BCUT2D eigenvalue weighted by Crippen LogP contribution is -2.46. The smallest absolute Gasteiger partial charge is 0.338 e. The summed E-state index contributed by atoms with van der Waals surface area (Å²) >= 11 is 6.40. The highest BCUT2D eigenvalue weighted by Gasteiger charge is 2.51. The topological polar surface area (TPSA) is 108 Å². The first-order valence-electron chi connectivity index (χ1n) is 14.3. The van der Waals surface area contributed by atoms with Crippen LogP contribution in [0.25, 0.3) is 0 Å². The van der Waals surface area contributed by atoms with Gasteiger partial charge in [-0.2, -0.15) is 0 Å². The number of ketones is 1. The molecule has 0 amide bonds. The molecule has 3 atom stereocenters. The molecule has 3 aromatic rings. The SMILES string of the molecule is CCOC(=O)C1=C(N)N(c2ccc(F)cc2)C2=C(C(=O)[C@H](C(=O)OCC)[C@@H](c3cccc(OC)c3)C2)[C@@H]1c1cccc(Cl)c1. The molecule has 0 spiro atoms. The fourth-order valence-corrected chi connectivity index (χ4v) is 6.23. The Labute approximate surface area is 259 Å². The van der Waals surface area contributed by atoms with E-state index in [1.165, 1.54) is 31.4 Å². The second-order valence-corrected chi connectivity index (χ2v) is 10.8. The molecule has 2 aliphatic rings. The van der Waals surface area contributed by atoms with Gasteiger partial charge in [0.05, 0.1) is 31.8 Å². The van der Waals surface area contributed by atoms with Crippen LogP contribution in [0, 0.1) is 11.7 Å². The second kappa shape index (κ2) is 12.9. The van der Waals surface area contributed by atoms with Crippen LogP contribution in [-0.2, 0) is 23.9 Å². The van der Waals surface area contributed by atoms with E-state index in [4.69, 9.17) is 31.5 Å². The largest absolute Gasteiger partial charge is 0.497 e. The van der Waals surface area contributed by atoms with Crippen molar-refractivity contribution in [2.45, 2.75) is 32.1 Å². The van der Waals surface area contributed by atoms with Crippen molar-refractivity contribution in [2.24, 2.45) is 11.7 Å². The van der Waals surface area contributed by atoms with Gasteiger partial charge in [-0.05, 0) is 79.9 Å². The molecule has 228 valence electrons. The zero-order chi connectivity index (χ0) is 31.5. The molecule has 1 aliphatic heterocycles. The van der Waals surface area contributed by atoms with Crippen molar-refractivity contribution in [3.05, 3.63) is 117 Å². The number of nitrogens with zero attached hydrogens (tertiary/aromatic N) is 1. The summed E-state index contributed by atoms with van der Waals surface area (Å²) in [7, 11) is 1.53. The van der Waals surface area contributed by atoms with Crippen LogP contribution < -0.4 is 15.4 Å². The Morgan fingerprint density at radius 1 is 0.977 bits per heavy atom. The number of hydrogen-bond acceptors (Lipinski definition) is 8. The molecule has 1 aliphatic carbocycles. The van der Waals surface area contributed by atoms with E-state index < -0.39 is 41.3 Å². The molecular formula is C34H32ClFN2O6. The zero-order valence-electron chi connectivity index (χ0n) is 24.5. The highest BCUT2D eigenvalue weighted by molar-refractivity contribution is 6.30. The number of allylic oxidation sites excluding steroid dienone is 2. The number of benzene rings is 3. The number of ether oxygens (including phenoxy) is 3. The number of carbonyl (C=O) groups excluding carboxylic acids is 3. The van der Waals surface area contributed by atoms with Gasteiger partial charge in [0.1, 0.15) is 23.3 Å². The first-order chi connectivity index (χ1) is 21.2. The number of carbonyl (C=O) groups is 3. The fourth-order valence-electron chi connectivity index (χ4n) is 6.03. The quantitative estimate of drug-likeness (QED) is 0.241. The highest BCUT2D eigenvalue weighted by Crippen LogP contribution is 2.52. The van der Waals surface area contributed by atoms with E-state index in [0.29, 0.717) is 33.3 Å². The van der Waals surface area contributed by atoms with Gasteiger partial charge in [-0.15, -0.1) is 0 Å². The van der Waals surface area contributed by atoms with Crippen molar-refractivity contribution in [3.8, 4) is 5.75 Å². The molecule has 0 fully saturated rings. The number of rotatable bonds is 8. The molecule has 0 saturated carbocycles. The monoisotopic (exact) mass is 618 g/mol. The predicted octanol–water partition coefficient (Wildman–Crippen LogP) is 6.01. The average Bonchev–Trinajstić information content (AvgIpc) is 3.01. The maximum atomic E-state index is 14.8. The molecule has 0 saturated heterocycles. The van der Waals surface area contributed by atoms with Crippen LogP contribution in [0.1, 0.15) is 43.2 Å². The third-order valence-electron chi connectivity index (χ3n) is 7.86. The van der Waals surface area contributed by atoms with Gasteiger partial charge in [-0.25, -0.2) is 9.18 Å². The molecule has 0 bridgehead atoms. The van der Waals surface area contributed by atoms with Crippen molar-refractivity contribution in [3.63, 3.8) is 0 Å². The molecule has 8 nitrogen and oxygen atoms in total. The molecule has 5 rings (SSSR count). The Bertz CT molecular complexity index is 1670. The van der Waals surface area contributed by atoms with Crippen LogP contribution in [0.5, 0.6) is 5.75 Å². The Kier molecular flexibility index (Phi) is 9.06. The average molecular weight is 619 g/mol. The van der Waals surface area contributed by atoms with Gasteiger partial charge in [0.25, 0.3) is 0 Å². The van der Waals surface area contributed by atoms with Gasteiger partial charge in [0.2, 0.25) is 0 Å². The maximum Gasteiger partial charge on any atom is 0.338 e. The van der Waals surface area contributed by atoms with E-state index in [-0.39, 0.29) is 36.6 Å². The summed E-state index contributed by atoms with van der Waals surface area (Å²) < 4.78 is 30.4. The van der Waals surface area contributed by atoms with Crippen molar-refractivity contribution >= 4 is 35.0 Å². The fraction of sp³-hybridized carbons (Fsp3) is 0.265. The number of halogens is 2. The van der Waals surface area contributed by atoms with Crippen LogP contribution in [0.4, 0.5) is 10.1 Å². The van der Waals surface area contributed by atoms with E-state index in [0.717, 1.165) is 0 Å². The van der Waals surface area contributed by atoms with Crippen LogP contribution in [0.2, 0.25) is 5.02 Å². The van der Waals surface area contributed by atoms with Crippen LogP contribution >= 0.6 is 11.6 Å². The number of esters is 2. The molecule has 1 heterocycles. The Balaban J connectivity index is 1.82. The summed E-state index contributed by atoms with van der Waals surface area (Å²) in [4.78, 5) is 43.6. The van der Waals surface area contributed by atoms with Crippen LogP contribution in [-0.4, -0.2) is 38.0 Å². The lowest BCUT2D eigenvalue weighted by atomic mass is 9.67. The molecule has 0 radical (unpaired) electrons. The summed E-state index contributed by atoms with van der Waals surface area (Å²) in [5.41, 5.74) is 9.12. The van der Waals surface area contributed by atoms with Gasteiger partial charge < -0.3 is 19.9 Å². The van der Waals surface area contributed by atoms with Crippen molar-refractivity contribution in [1.82, 2.24) is 0 Å². The summed E-state index contributed by atoms with van der Waals surface area (Å²) in [6.07, 6.45) is 0.156. The first kappa shape index (κ1) is 30.8. The molecule has 0 unspecified atom stereocenters. The molecule has 10 heteroatoms. The van der Waals surface area contributed by atoms with E-state index in [9.17, 15) is 18.8 Å². The van der Waals surface area contributed by atoms with E-state index in [1.807, 2.05) is 6.07 Å². The Morgan fingerprint density at radius 2 is 1.66 bits per heavy atom. The predicted molar refractivity (Wildman–Crippen MR) is 163 cm³/mol. The van der Waals surface area contributed by atoms with Crippen LogP contribution in [0.3, 0.4) is 0 Å². The van der Waals surface area contributed by atoms with E-state index in [1.54, 1.807) is 61.2 Å². The number of hydrogen-bond donors (Lipinski definition) is 1. The number of methoxy groups -OCH3 is 1. The van der Waals surface area contributed by atoms with Gasteiger partial charge in [0, 0.05) is 27.9 Å². The number of Topliss-reactive ketones (excluding diaryl/α,β-unsaturated/α-hetero) is 1. The van der Waals surface area contributed by atoms with Gasteiger partial charge in [0.15, 0.2) is 5.78 Å². The van der Waals surface area contributed by atoms with Crippen molar-refractivity contribution < 1.29 is 33.0 Å².